The number of aromatic amines is 1. The van der Waals surface area contributed by atoms with Crippen molar-refractivity contribution in [2.45, 2.75) is 31.1 Å². The van der Waals surface area contributed by atoms with Gasteiger partial charge in [0.2, 0.25) is 0 Å². The lowest BCUT2D eigenvalue weighted by molar-refractivity contribution is 0.567. The van der Waals surface area contributed by atoms with Crippen molar-refractivity contribution < 1.29 is 8.42 Å². The predicted octanol–water partition coefficient (Wildman–Crippen LogP) is 3.16. The van der Waals surface area contributed by atoms with Crippen LogP contribution in [0.4, 0.5) is 5.82 Å². The summed E-state index contributed by atoms with van der Waals surface area (Å²) in [5.74, 6) is 0.268. The molecular weight excluding hydrogens is 298 g/mol. The number of nitrogens with one attached hydrogen (secondary N) is 2. The van der Waals surface area contributed by atoms with Crippen LogP contribution in [0.3, 0.4) is 0 Å². The van der Waals surface area contributed by atoms with Crippen molar-refractivity contribution in [1.82, 2.24) is 10.2 Å². The Kier molecular flexibility index (Phi) is 3.80. The monoisotopic (exact) mass is 313 g/mol. The zero-order valence-electron chi connectivity index (χ0n) is 11.4. The molecule has 0 aliphatic carbocycles. The van der Waals surface area contributed by atoms with Gasteiger partial charge >= 0.3 is 0 Å². The summed E-state index contributed by atoms with van der Waals surface area (Å²) in [5.41, 5.74) is 0.725. The van der Waals surface area contributed by atoms with Crippen LogP contribution in [0, 0.1) is 0 Å². The topological polar surface area (TPSA) is 74.8 Å². The fourth-order valence-corrected chi connectivity index (χ4v) is 2.69. The Hall–Kier alpha value is -1.53. The first-order chi connectivity index (χ1) is 9.18. The molecule has 1 heterocycles. The molecule has 0 atom stereocenters. The third-order valence-electron chi connectivity index (χ3n) is 2.75. The molecule has 0 fully saturated rings. The van der Waals surface area contributed by atoms with Crippen LogP contribution in [0.15, 0.2) is 35.2 Å². The molecule has 108 valence electrons. The summed E-state index contributed by atoms with van der Waals surface area (Å²) in [6, 6.07) is 7.64. The molecule has 0 saturated heterocycles. The van der Waals surface area contributed by atoms with E-state index in [9.17, 15) is 8.42 Å². The van der Waals surface area contributed by atoms with E-state index in [-0.39, 0.29) is 16.1 Å². The van der Waals surface area contributed by atoms with Gasteiger partial charge in [0.1, 0.15) is 0 Å². The van der Waals surface area contributed by atoms with E-state index in [1.165, 1.54) is 24.3 Å². The zero-order valence-corrected chi connectivity index (χ0v) is 13.0. The van der Waals surface area contributed by atoms with E-state index < -0.39 is 10.0 Å². The number of sulfonamides is 1. The molecule has 0 spiro atoms. The molecule has 2 N–H and O–H groups in total. The lowest BCUT2D eigenvalue weighted by atomic mass is 9.92. The molecule has 0 aliphatic heterocycles. The average molecular weight is 314 g/mol. The number of hydrogen-bond donors (Lipinski definition) is 2. The van der Waals surface area contributed by atoms with Crippen LogP contribution < -0.4 is 4.72 Å². The Morgan fingerprint density at radius 2 is 1.80 bits per heavy atom. The van der Waals surface area contributed by atoms with Crippen LogP contribution in [0.25, 0.3) is 0 Å². The molecule has 1 aromatic carbocycles. The van der Waals surface area contributed by atoms with Gasteiger partial charge in [0.05, 0.1) is 4.90 Å². The molecule has 0 amide bonds. The largest absolute Gasteiger partial charge is 0.280 e. The molecule has 1 aromatic heterocycles. The van der Waals surface area contributed by atoms with Gasteiger partial charge in [-0.25, -0.2) is 8.42 Å². The van der Waals surface area contributed by atoms with Gasteiger partial charge in [-0.2, -0.15) is 5.10 Å². The van der Waals surface area contributed by atoms with Crippen LogP contribution >= 0.6 is 11.6 Å². The highest BCUT2D eigenvalue weighted by Crippen LogP contribution is 2.23. The maximum atomic E-state index is 12.2. The van der Waals surface area contributed by atoms with Gasteiger partial charge in [-0.3, -0.25) is 9.82 Å². The molecule has 2 aromatic rings. The highest BCUT2D eigenvalue weighted by molar-refractivity contribution is 7.92. The van der Waals surface area contributed by atoms with E-state index >= 15 is 0 Å². The Labute approximate surface area is 123 Å². The maximum absolute atomic E-state index is 12.2. The summed E-state index contributed by atoms with van der Waals surface area (Å²) >= 11 is 5.74. The molecule has 0 aliphatic rings. The van der Waals surface area contributed by atoms with Crippen molar-refractivity contribution in [1.29, 1.82) is 0 Å². The lowest BCUT2D eigenvalue weighted by Gasteiger charge is -2.14. The summed E-state index contributed by atoms with van der Waals surface area (Å²) < 4.78 is 26.8. The fourth-order valence-electron chi connectivity index (χ4n) is 1.57. The number of H-pyrrole nitrogens is 1. The number of rotatable bonds is 3. The van der Waals surface area contributed by atoms with E-state index in [0.29, 0.717) is 5.02 Å². The quantitative estimate of drug-likeness (QED) is 0.914. The van der Waals surface area contributed by atoms with Gasteiger partial charge in [0.25, 0.3) is 10.0 Å². The van der Waals surface area contributed by atoms with Gasteiger partial charge in [0, 0.05) is 22.2 Å². The smallest absolute Gasteiger partial charge is 0.263 e. The average Bonchev–Trinajstić information content (AvgIpc) is 2.77. The first-order valence-corrected chi connectivity index (χ1v) is 7.89. The van der Waals surface area contributed by atoms with Crippen molar-refractivity contribution in [3.63, 3.8) is 0 Å². The summed E-state index contributed by atoms with van der Waals surface area (Å²) in [7, 11) is -3.65. The van der Waals surface area contributed by atoms with Crippen LogP contribution in [0.1, 0.15) is 26.5 Å². The van der Waals surface area contributed by atoms with Gasteiger partial charge in [-0.05, 0) is 24.3 Å². The molecule has 7 heteroatoms. The van der Waals surface area contributed by atoms with Crippen LogP contribution in [-0.4, -0.2) is 18.6 Å². The van der Waals surface area contributed by atoms with Crippen molar-refractivity contribution in [2.75, 3.05) is 4.72 Å². The number of halogens is 1. The van der Waals surface area contributed by atoms with E-state index in [2.05, 4.69) is 14.9 Å². The fraction of sp³-hybridized carbons (Fsp3) is 0.308. The van der Waals surface area contributed by atoms with Gasteiger partial charge in [-0.15, -0.1) is 0 Å². The number of hydrogen-bond acceptors (Lipinski definition) is 3. The normalized spacial score (nSPS) is 12.4. The summed E-state index contributed by atoms with van der Waals surface area (Å²) in [5, 5.41) is 7.29. The Morgan fingerprint density at radius 1 is 1.20 bits per heavy atom. The third kappa shape index (κ3) is 3.32. The van der Waals surface area contributed by atoms with Crippen molar-refractivity contribution in [3.05, 3.63) is 41.0 Å². The molecular formula is C13H16ClN3O2S. The number of aromatic nitrogens is 2. The number of nitrogens with zero attached hydrogens (tertiary/aromatic N) is 1. The molecule has 0 radical (unpaired) electrons. The first kappa shape index (κ1) is 14.9. The summed E-state index contributed by atoms with van der Waals surface area (Å²) in [6.45, 7) is 6.04. The highest BCUT2D eigenvalue weighted by atomic mass is 35.5. The molecule has 0 unspecified atom stereocenters. The van der Waals surface area contributed by atoms with Gasteiger partial charge in [-0.1, -0.05) is 32.4 Å². The minimum atomic E-state index is -3.65. The second-order valence-electron chi connectivity index (χ2n) is 5.48. The second-order valence-corrected chi connectivity index (χ2v) is 7.60. The second kappa shape index (κ2) is 5.10. The van der Waals surface area contributed by atoms with Gasteiger partial charge < -0.3 is 0 Å². The minimum Gasteiger partial charge on any atom is -0.280 e. The Bertz CT molecular complexity index is 700. The van der Waals surface area contributed by atoms with Crippen molar-refractivity contribution in [3.8, 4) is 0 Å². The molecule has 5 nitrogen and oxygen atoms in total. The van der Waals surface area contributed by atoms with Crippen LogP contribution in [0.5, 0.6) is 0 Å². The van der Waals surface area contributed by atoms with Crippen molar-refractivity contribution >= 4 is 27.4 Å². The number of anilines is 1. The standard InChI is InChI=1S/C13H16ClN3O2S/c1-13(2,3)11-8-12(16-15-11)17-20(18,19)10-6-4-9(14)5-7-10/h4-8H,1-3H3,(H2,15,16,17). The van der Waals surface area contributed by atoms with E-state index in [0.717, 1.165) is 5.69 Å². The maximum Gasteiger partial charge on any atom is 0.263 e. The van der Waals surface area contributed by atoms with E-state index in [4.69, 9.17) is 11.6 Å². The summed E-state index contributed by atoms with van der Waals surface area (Å²) in [6.07, 6.45) is 0. The van der Waals surface area contributed by atoms with E-state index in [1.54, 1.807) is 6.07 Å². The molecule has 20 heavy (non-hydrogen) atoms. The minimum absolute atomic E-state index is 0.128. The predicted molar refractivity (Wildman–Crippen MR) is 79.5 cm³/mol. The van der Waals surface area contributed by atoms with Gasteiger partial charge in [0.15, 0.2) is 5.82 Å². The van der Waals surface area contributed by atoms with Crippen LogP contribution in [0.2, 0.25) is 5.02 Å². The third-order valence-corrected chi connectivity index (χ3v) is 4.37. The number of benzene rings is 1. The Balaban J connectivity index is 2.25. The molecule has 0 saturated carbocycles. The summed E-state index contributed by atoms with van der Waals surface area (Å²) in [4.78, 5) is 0.141. The first-order valence-electron chi connectivity index (χ1n) is 6.03. The Morgan fingerprint density at radius 3 is 2.30 bits per heavy atom. The molecule has 2 rings (SSSR count). The van der Waals surface area contributed by atoms with Crippen molar-refractivity contribution in [2.24, 2.45) is 0 Å². The van der Waals surface area contributed by atoms with Crippen LogP contribution in [-0.2, 0) is 15.4 Å². The SMILES string of the molecule is CC(C)(C)c1cc(NS(=O)(=O)c2ccc(Cl)cc2)n[nH]1. The molecule has 0 bridgehead atoms. The highest BCUT2D eigenvalue weighted by Gasteiger charge is 2.20. The zero-order chi connectivity index (χ0) is 15.0. The lowest BCUT2D eigenvalue weighted by Crippen LogP contribution is -2.13. The van der Waals surface area contributed by atoms with E-state index in [1.807, 2.05) is 20.8 Å².